The van der Waals surface area contributed by atoms with E-state index < -0.39 is 67.2 Å². The van der Waals surface area contributed by atoms with Crippen LogP contribution in [0.25, 0.3) is 21.9 Å². The zero-order valence-electron chi connectivity index (χ0n) is 59.7. The van der Waals surface area contributed by atoms with Crippen LogP contribution >= 0.6 is 0 Å². The van der Waals surface area contributed by atoms with Crippen molar-refractivity contribution in [2.75, 3.05) is 203 Å². The predicted octanol–water partition coefficient (Wildman–Crippen LogP) is 1.69. The minimum absolute atomic E-state index is 0.00461. The molecule has 582 valence electrons. The Kier molecular flexibility index (Phi) is 45.1. The summed E-state index contributed by atoms with van der Waals surface area (Å²) in [4.78, 5) is 74.8. The molecule has 0 aliphatic carbocycles. The van der Waals surface area contributed by atoms with Gasteiger partial charge in [-0.2, -0.15) is 0 Å². The van der Waals surface area contributed by atoms with Crippen LogP contribution in [-0.4, -0.2) is 299 Å². The topological polar surface area (TPSA) is 439 Å². The fourth-order valence-corrected chi connectivity index (χ4v) is 10.0. The normalized spacial score (nSPS) is 16.3. The highest BCUT2D eigenvalue weighted by atomic mass is 16.7. The van der Waals surface area contributed by atoms with Crippen LogP contribution in [0.3, 0.4) is 0 Å². The number of methoxy groups -OCH3 is 2. The molecule has 2 aromatic carbocycles. The predicted molar refractivity (Wildman–Crippen MR) is 373 cm³/mol. The molecule has 1 aliphatic heterocycles. The molecule has 0 unspecified atom stereocenters. The molecule has 6 atom stereocenters. The van der Waals surface area contributed by atoms with Gasteiger partial charge in [-0.1, -0.05) is 19.4 Å². The van der Waals surface area contributed by atoms with E-state index in [4.69, 9.17) is 91.5 Å². The van der Waals surface area contributed by atoms with Crippen LogP contribution < -0.4 is 31.7 Å². The summed E-state index contributed by atoms with van der Waals surface area (Å²) < 4.78 is 89.3. The quantitative estimate of drug-likeness (QED) is 0.0222. The number of nitrogens with zero attached hydrogens (tertiary/aromatic N) is 3. The average molecular weight is 1470 g/mol. The van der Waals surface area contributed by atoms with Crippen LogP contribution in [0.2, 0.25) is 0 Å². The minimum atomic E-state index is -1.80. The van der Waals surface area contributed by atoms with Crippen LogP contribution in [0.5, 0.6) is 5.75 Å². The van der Waals surface area contributed by atoms with E-state index in [0.717, 1.165) is 18.7 Å². The number of aliphatic hydroxyl groups is 5. The van der Waals surface area contributed by atoms with Crippen molar-refractivity contribution in [3.05, 3.63) is 53.3 Å². The maximum Gasteiger partial charge on any atom is 0.413 e. The highest BCUT2D eigenvalue weighted by Gasteiger charge is 2.45. The van der Waals surface area contributed by atoms with Gasteiger partial charge in [-0.05, 0) is 74.4 Å². The van der Waals surface area contributed by atoms with E-state index in [9.17, 15) is 49.5 Å². The molecule has 34 nitrogen and oxygen atoms in total. The number of fused-ring (bicyclic) bond motifs is 3. The maximum atomic E-state index is 13.7. The molecule has 1 aliphatic rings. The third-order valence-corrected chi connectivity index (χ3v) is 15.6. The van der Waals surface area contributed by atoms with E-state index >= 15 is 0 Å². The van der Waals surface area contributed by atoms with E-state index in [-0.39, 0.29) is 67.9 Å². The molecular weight excluding hydrogens is 1360 g/mol. The van der Waals surface area contributed by atoms with Crippen molar-refractivity contribution in [3.63, 3.8) is 0 Å². The number of rotatable bonds is 60. The molecule has 11 N–H and O–H groups in total. The number of esters is 1. The summed E-state index contributed by atoms with van der Waals surface area (Å²) >= 11 is 0. The highest BCUT2D eigenvalue weighted by Crippen LogP contribution is 2.34. The van der Waals surface area contributed by atoms with Gasteiger partial charge in [-0.15, -0.1) is 0 Å². The fraction of sp³-hybridized carbons (Fsp3) is 0.696. The lowest BCUT2D eigenvalue weighted by Crippen LogP contribution is -2.60. The summed E-state index contributed by atoms with van der Waals surface area (Å²) in [5, 5.41) is 62.6. The first-order valence-electron chi connectivity index (χ1n) is 35.2. The first-order valence-corrected chi connectivity index (χ1v) is 35.2. The number of carbonyl (C=O) groups is 5. The third kappa shape index (κ3) is 34.1. The summed E-state index contributed by atoms with van der Waals surface area (Å²) in [6.45, 7) is 11.9. The number of aliphatic hydroxyl groups excluding tert-OH is 5. The molecule has 1 saturated heterocycles. The summed E-state index contributed by atoms with van der Waals surface area (Å²) in [7, 11) is 2.90. The number of hydrogen-bond acceptors (Lipinski definition) is 29. The van der Waals surface area contributed by atoms with Gasteiger partial charge in [-0.25, -0.2) is 19.6 Å². The largest absolute Gasteiger partial charge is 0.465 e. The third-order valence-electron chi connectivity index (χ3n) is 15.6. The lowest BCUT2D eigenvalue weighted by molar-refractivity contribution is -0.277. The average Bonchev–Trinajstić information content (AvgIpc) is 1.63. The van der Waals surface area contributed by atoms with Crippen LogP contribution in [0.15, 0.2) is 36.4 Å². The Morgan fingerprint density at radius 3 is 1.72 bits per heavy atom. The van der Waals surface area contributed by atoms with Gasteiger partial charge in [0.2, 0.25) is 24.0 Å². The van der Waals surface area contributed by atoms with Crippen LogP contribution in [0, 0.1) is 0 Å². The van der Waals surface area contributed by atoms with Crippen molar-refractivity contribution in [1.29, 1.82) is 0 Å². The molecule has 2 aromatic heterocycles. The van der Waals surface area contributed by atoms with Gasteiger partial charge in [0.15, 0.2) is 5.82 Å². The van der Waals surface area contributed by atoms with Gasteiger partial charge in [-0.3, -0.25) is 19.7 Å². The molecule has 0 saturated carbocycles. The fourth-order valence-electron chi connectivity index (χ4n) is 10.0. The molecule has 0 bridgehead atoms. The molecule has 0 radical (unpaired) electrons. The lowest BCUT2D eigenvalue weighted by Gasteiger charge is -2.39. The standard InChI is InChI=1S/C69H110N8O26/c1-4-5-11-57-75-60-61(77(57)20-8-9-21-78)51-14-13-50(67(86)89-3)46-53(51)74-65(60)76-69(87)101-48-49-12-15-55(102-68-64(84)63(83)62(82)56(47-79)103-68)54(45-49)73-59(81)16-19-72-66(85)52(70)10-6-7-18-71-58(80)17-22-90-25-26-92-29-30-94-33-34-96-37-38-98-41-42-100-44-43-99-40-39-97-36-35-95-32-31-93-28-27-91-24-23-88-2/h12-15,45-46,52,56,62-64,68,78-79,82-84H,4-11,16-44,47-48,70H2,1-3H3,(H,71,80)(H,72,85)(H,73,81)(H,74,76,87)/t52-,56+,62+,63-,64-,68-/m0/s1. The first-order chi connectivity index (χ1) is 50.2. The number of nitrogens with one attached hydrogen (secondary N) is 4. The van der Waals surface area contributed by atoms with E-state index in [0.29, 0.717) is 224 Å². The molecule has 1 fully saturated rings. The number of ether oxygens (including phenoxy) is 16. The number of hydrogen-bond donors (Lipinski definition) is 10. The Morgan fingerprint density at radius 1 is 0.602 bits per heavy atom. The van der Waals surface area contributed by atoms with Gasteiger partial charge < -0.3 is 128 Å². The number of anilines is 2. The zero-order valence-corrected chi connectivity index (χ0v) is 59.7. The lowest BCUT2D eigenvalue weighted by atomic mass is 9.99. The number of carbonyl (C=O) groups excluding carboxylic acids is 5. The second kappa shape index (κ2) is 53.3. The monoisotopic (exact) mass is 1470 g/mol. The zero-order chi connectivity index (χ0) is 74.1. The number of benzene rings is 2. The number of aromatic nitrogens is 3. The van der Waals surface area contributed by atoms with E-state index in [1.807, 2.05) is 4.57 Å². The smallest absolute Gasteiger partial charge is 0.413 e. The van der Waals surface area contributed by atoms with Crippen molar-refractivity contribution in [1.82, 2.24) is 25.2 Å². The van der Waals surface area contributed by atoms with Gasteiger partial charge >= 0.3 is 12.1 Å². The van der Waals surface area contributed by atoms with Crippen molar-refractivity contribution in [2.45, 2.75) is 121 Å². The number of nitrogens with two attached hydrogens (primary N) is 1. The molecule has 34 heteroatoms. The molecule has 5 rings (SSSR count). The molecule has 103 heavy (non-hydrogen) atoms. The SMILES string of the molecule is CCCCc1nc2c(NC(=O)OCc3ccc(O[C@H]4O[C@H](CO)[C@@H](O)[C@H](O)[C@@H]4O)c(NC(=O)CCNC(=O)[C@@H](N)CCCCNC(=O)CCOCCOCCOCCOCCOCCOCCOCCOCCOCCOCCOCCOC)c3)nc3cc(C(=O)OC)ccc3c2n1CCCCO. The Bertz CT molecular complexity index is 3020. The molecule has 0 spiro atoms. The first kappa shape index (κ1) is 87.1. The Balaban J connectivity index is 0.911. The summed E-state index contributed by atoms with van der Waals surface area (Å²) in [6, 6.07) is 8.31. The second-order valence-electron chi connectivity index (χ2n) is 23.5. The van der Waals surface area contributed by atoms with Gasteiger partial charge in [0.05, 0.1) is 194 Å². The van der Waals surface area contributed by atoms with Crippen LogP contribution in [0.1, 0.15) is 86.5 Å². The number of amides is 4. The molecule has 3 heterocycles. The van der Waals surface area contributed by atoms with E-state index in [2.05, 4.69) is 28.2 Å². The summed E-state index contributed by atoms with van der Waals surface area (Å²) in [5.74, 6) is -1.18. The minimum Gasteiger partial charge on any atom is -0.465 e. The number of unbranched alkanes of at least 4 members (excludes halogenated alkanes) is 3. The van der Waals surface area contributed by atoms with Gasteiger partial charge in [0.25, 0.3) is 0 Å². The maximum absolute atomic E-state index is 13.7. The van der Waals surface area contributed by atoms with Gasteiger partial charge in [0, 0.05) is 58.0 Å². The van der Waals surface area contributed by atoms with Crippen molar-refractivity contribution < 1.29 is 125 Å². The molecular formula is C69H110N8O26. The molecule has 4 aromatic rings. The number of pyridine rings is 1. The van der Waals surface area contributed by atoms with Crippen LogP contribution in [0.4, 0.5) is 16.3 Å². The van der Waals surface area contributed by atoms with E-state index in [1.54, 1.807) is 25.3 Å². The van der Waals surface area contributed by atoms with Crippen molar-refractivity contribution >= 4 is 63.2 Å². The van der Waals surface area contributed by atoms with Crippen LogP contribution in [-0.2, 0) is 105 Å². The second-order valence-corrected chi connectivity index (χ2v) is 23.5. The Morgan fingerprint density at radius 2 is 1.17 bits per heavy atom. The van der Waals surface area contributed by atoms with E-state index in [1.165, 1.54) is 25.3 Å². The summed E-state index contributed by atoms with van der Waals surface area (Å²) in [6.07, 6.45) is -4.30. The summed E-state index contributed by atoms with van der Waals surface area (Å²) in [5.41, 5.74) is 8.13. The number of imidazole rings is 1. The Labute approximate surface area is 600 Å². The molecule has 4 amide bonds. The van der Waals surface area contributed by atoms with Crippen molar-refractivity contribution in [3.8, 4) is 5.75 Å². The number of aryl methyl sites for hydroxylation is 2. The Hall–Kier alpha value is -6.49. The van der Waals surface area contributed by atoms with Gasteiger partial charge in [0.1, 0.15) is 48.1 Å². The van der Waals surface area contributed by atoms with Crippen molar-refractivity contribution in [2.24, 2.45) is 5.73 Å². The highest BCUT2D eigenvalue weighted by molar-refractivity contribution is 6.10.